The van der Waals surface area contributed by atoms with Crippen molar-refractivity contribution >= 4 is 11.9 Å². The number of carboxylic acids is 1. The normalized spacial score (nSPS) is 12.1. The Hall–Kier alpha value is -1.96. The third kappa shape index (κ3) is 3.83. The molecule has 0 aliphatic carbocycles. The third-order valence-electron chi connectivity index (χ3n) is 2.14. The minimum atomic E-state index is -1.05. The van der Waals surface area contributed by atoms with E-state index < -0.39 is 17.9 Å². The highest BCUT2D eigenvalue weighted by Gasteiger charge is 2.17. The highest BCUT2D eigenvalue weighted by atomic mass is 16.4. The number of hydrogen-bond donors (Lipinski definition) is 3. The average molecular weight is 241 g/mol. The molecule has 0 saturated carbocycles. The van der Waals surface area contributed by atoms with Crippen molar-refractivity contribution in [3.05, 3.63) is 11.9 Å². The molecule has 94 valence electrons. The van der Waals surface area contributed by atoms with Crippen LogP contribution in [0.2, 0.25) is 0 Å². The van der Waals surface area contributed by atoms with Crippen LogP contribution in [0.25, 0.3) is 0 Å². The summed E-state index contributed by atoms with van der Waals surface area (Å²) in [5.74, 6) is -1.48. The predicted molar refractivity (Wildman–Crippen MR) is 57.8 cm³/mol. The van der Waals surface area contributed by atoms with Crippen LogP contribution in [-0.4, -0.2) is 38.0 Å². The van der Waals surface area contributed by atoms with E-state index in [2.05, 4.69) is 15.6 Å². The number of carbonyl (C=O) groups is 2. The third-order valence-corrected chi connectivity index (χ3v) is 2.14. The molecule has 0 aliphatic heterocycles. The van der Waals surface area contributed by atoms with E-state index in [9.17, 15) is 9.59 Å². The highest BCUT2D eigenvalue weighted by molar-refractivity contribution is 5.83. The van der Waals surface area contributed by atoms with Crippen LogP contribution in [0.1, 0.15) is 19.0 Å². The van der Waals surface area contributed by atoms with Crippen molar-refractivity contribution in [2.45, 2.75) is 32.5 Å². The molecular weight excluding hydrogens is 226 g/mol. The summed E-state index contributed by atoms with van der Waals surface area (Å²) < 4.78 is 1.31. The Balaban J connectivity index is 2.51. The van der Waals surface area contributed by atoms with Gasteiger partial charge in [0.2, 0.25) is 5.91 Å². The molecule has 0 unspecified atom stereocenters. The van der Waals surface area contributed by atoms with Gasteiger partial charge < -0.3 is 16.2 Å². The number of nitrogens with one attached hydrogen (secondary N) is 1. The zero-order valence-electron chi connectivity index (χ0n) is 9.46. The van der Waals surface area contributed by atoms with E-state index >= 15 is 0 Å². The molecule has 1 amide bonds. The summed E-state index contributed by atoms with van der Waals surface area (Å²) in [6.07, 6.45) is 1.87. The van der Waals surface area contributed by atoms with E-state index in [1.165, 1.54) is 4.68 Å². The van der Waals surface area contributed by atoms with Gasteiger partial charge in [0.1, 0.15) is 12.6 Å². The largest absolute Gasteiger partial charge is 0.480 e. The van der Waals surface area contributed by atoms with Gasteiger partial charge in [-0.15, -0.1) is 5.10 Å². The van der Waals surface area contributed by atoms with Gasteiger partial charge in [0.25, 0.3) is 0 Å². The Morgan fingerprint density at radius 2 is 2.35 bits per heavy atom. The van der Waals surface area contributed by atoms with Gasteiger partial charge in [0.05, 0.1) is 11.9 Å². The Kier molecular flexibility index (Phi) is 4.58. The van der Waals surface area contributed by atoms with Gasteiger partial charge in [-0.3, -0.25) is 4.79 Å². The lowest BCUT2D eigenvalue weighted by Gasteiger charge is -2.11. The van der Waals surface area contributed by atoms with Crippen molar-refractivity contribution in [3.8, 4) is 0 Å². The van der Waals surface area contributed by atoms with E-state index in [1.54, 1.807) is 13.1 Å². The van der Waals surface area contributed by atoms with E-state index in [1.807, 2.05) is 0 Å². The molecule has 0 radical (unpaired) electrons. The molecule has 1 heterocycles. The lowest BCUT2D eigenvalue weighted by molar-refractivity contribution is -0.142. The first-order valence-corrected chi connectivity index (χ1v) is 5.18. The first kappa shape index (κ1) is 13.1. The summed E-state index contributed by atoms with van der Waals surface area (Å²) in [6, 6.07) is -0.875. The first-order valence-electron chi connectivity index (χ1n) is 5.18. The molecule has 8 heteroatoms. The number of amides is 1. The van der Waals surface area contributed by atoms with Crippen LogP contribution in [0, 0.1) is 0 Å². The van der Waals surface area contributed by atoms with Crippen molar-refractivity contribution < 1.29 is 14.7 Å². The van der Waals surface area contributed by atoms with Gasteiger partial charge in [-0.1, -0.05) is 12.1 Å². The van der Waals surface area contributed by atoms with Gasteiger partial charge in [-0.25, -0.2) is 9.48 Å². The number of aliphatic carboxylic acids is 1. The summed E-state index contributed by atoms with van der Waals surface area (Å²) in [7, 11) is 0. The fraction of sp³-hybridized carbons (Fsp3) is 0.556. The first-order chi connectivity index (χ1) is 8.06. The van der Waals surface area contributed by atoms with Crippen LogP contribution < -0.4 is 11.1 Å². The monoisotopic (exact) mass is 241 g/mol. The Bertz CT molecular complexity index is 403. The second-order valence-corrected chi connectivity index (χ2v) is 3.48. The lowest BCUT2D eigenvalue weighted by Crippen LogP contribution is -2.41. The molecule has 1 aromatic heterocycles. The number of rotatable bonds is 6. The van der Waals surface area contributed by atoms with Crippen molar-refractivity contribution in [1.29, 1.82) is 0 Å². The number of carbonyl (C=O) groups excluding carboxylic acids is 1. The lowest BCUT2D eigenvalue weighted by atomic mass is 10.2. The molecule has 1 atom stereocenters. The average Bonchev–Trinajstić information content (AvgIpc) is 2.73. The second-order valence-electron chi connectivity index (χ2n) is 3.48. The molecule has 1 rings (SSSR count). The maximum Gasteiger partial charge on any atom is 0.326 e. The fourth-order valence-corrected chi connectivity index (χ4v) is 1.23. The van der Waals surface area contributed by atoms with E-state index in [4.69, 9.17) is 10.8 Å². The molecule has 0 aliphatic rings. The van der Waals surface area contributed by atoms with E-state index in [0.29, 0.717) is 12.1 Å². The quantitative estimate of drug-likeness (QED) is 0.569. The second kappa shape index (κ2) is 5.94. The molecule has 1 aromatic rings. The van der Waals surface area contributed by atoms with Crippen LogP contribution in [0.4, 0.5) is 0 Å². The summed E-state index contributed by atoms with van der Waals surface area (Å²) in [5.41, 5.74) is 5.91. The van der Waals surface area contributed by atoms with Crippen molar-refractivity contribution in [2.24, 2.45) is 5.73 Å². The predicted octanol–water partition coefficient (Wildman–Crippen LogP) is -1.28. The standard InChI is InChI=1S/C9H15N5O3/c1-2-7(9(16)17)11-8(15)5-14-4-6(3-10)12-13-14/h4,7H,2-3,5,10H2,1H3,(H,11,15)(H,16,17)/t7-/m1/s1. The Morgan fingerprint density at radius 3 is 2.82 bits per heavy atom. The number of nitrogens with two attached hydrogens (primary N) is 1. The number of hydrogen-bond acceptors (Lipinski definition) is 5. The van der Waals surface area contributed by atoms with E-state index in [0.717, 1.165) is 0 Å². The Labute approximate surface area is 97.8 Å². The van der Waals surface area contributed by atoms with Gasteiger partial charge in [0.15, 0.2) is 0 Å². The smallest absolute Gasteiger partial charge is 0.326 e. The minimum Gasteiger partial charge on any atom is -0.480 e. The van der Waals surface area contributed by atoms with Crippen LogP contribution >= 0.6 is 0 Å². The summed E-state index contributed by atoms with van der Waals surface area (Å²) in [5, 5.41) is 18.5. The summed E-state index contributed by atoms with van der Waals surface area (Å²) in [6.45, 7) is 1.85. The molecule has 0 bridgehead atoms. The number of carboxylic acid groups (broad SMARTS) is 1. The number of aromatic nitrogens is 3. The minimum absolute atomic E-state index is 0.0726. The Morgan fingerprint density at radius 1 is 1.65 bits per heavy atom. The van der Waals surface area contributed by atoms with Gasteiger partial charge in [-0.2, -0.15) is 0 Å². The van der Waals surface area contributed by atoms with Crippen LogP contribution in [0.3, 0.4) is 0 Å². The van der Waals surface area contributed by atoms with Crippen molar-refractivity contribution in [3.63, 3.8) is 0 Å². The van der Waals surface area contributed by atoms with Crippen LogP contribution in [0.5, 0.6) is 0 Å². The molecule has 0 saturated heterocycles. The molecule has 0 fully saturated rings. The topological polar surface area (TPSA) is 123 Å². The highest BCUT2D eigenvalue weighted by Crippen LogP contribution is 1.94. The maximum atomic E-state index is 11.5. The van der Waals surface area contributed by atoms with Gasteiger partial charge in [0, 0.05) is 6.54 Å². The molecule has 8 nitrogen and oxygen atoms in total. The van der Waals surface area contributed by atoms with E-state index in [-0.39, 0.29) is 13.1 Å². The van der Waals surface area contributed by atoms with Crippen molar-refractivity contribution in [2.75, 3.05) is 0 Å². The van der Waals surface area contributed by atoms with Gasteiger partial charge in [-0.05, 0) is 6.42 Å². The molecule has 0 spiro atoms. The zero-order valence-corrected chi connectivity index (χ0v) is 9.46. The van der Waals surface area contributed by atoms with Gasteiger partial charge >= 0.3 is 5.97 Å². The maximum absolute atomic E-state index is 11.5. The van der Waals surface area contributed by atoms with Crippen molar-refractivity contribution in [1.82, 2.24) is 20.3 Å². The molecule has 17 heavy (non-hydrogen) atoms. The molecular formula is C9H15N5O3. The summed E-state index contributed by atoms with van der Waals surface area (Å²) >= 11 is 0. The SMILES string of the molecule is CC[C@@H](NC(=O)Cn1cc(CN)nn1)C(=O)O. The summed E-state index contributed by atoms with van der Waals surface area (Å²) in [4.78, 5) is 22.2. The molecule has 4 N–H and O–H groups in total. The fourth-order valence-electron chi connectivity index (χ4n) is 1.23. The van der Waals surface area contributed by atoms with Crippen LogP contribution in [-0.2, 0) is 22.7 Å². The van der Waals surface area contributed by atoms with Crippen LogP contribution in [0.15, 0.2) is 6.20 Å². The molecule has 0 aromatic carbocycles. The number of nitrogens with zero attached hydrogens (tertiary/aromatic N) is 3. The zero-order chi connectivity index (χ0) is 12.8.